The lowest BCUT2D eigenvalue weighted by Gasteiger charge is -2.38. The maximum Gasteiger partial charge on any atom is 0.243 e. The minimum absolute atomic E-state index is 0.0206. The van der Waals surface area contributed by atoms with Crippen molar-refractivity contribution < 1.29 is 13.3 Å². The van der Waals surface area contributed by atoms with Crippen LogP contribution in [0.5, 0.6) is 0 Å². The number of aromatic nitrogens is 2. The molecule has 0 bridgehead atoms. The predicted molar refractivity (Wildman–Crippen MR) is 82.3 cm³/mol. The van der Waals surface area contributed by atoms with Gasteiger partial charge in [-0.3, -0.25) is 4.90 Å². The highest BCUT2D eigenvalue weighted by Gasteiger charge is 2.28. The van der Waals surface area contributed by atoms with Gasteiger partial charge in [0.2, 0.25) is 5.89 Å². The van der Waals surface area contributed by atoms with Crippen LogP contribution in [0.1, 0.15) is 30.2 Å². The fourth-order valence-electron chi connectivity index (χ4n) is 2.90. The van der Waals surface area contributed by atoms with Gasteiger partial charge in [-0.25, -0.2) is 8.78 Å². The van der Waals surface area contributed by atoms with Crippen LogP contribution in [0, 0.1) is 29.9 Å². The zero-order valence-corrected chi connectivity index (χ0v) is 13.5. The summed E-state index contributed by atoms with van der Waals surface area (Å²) < 4.78 is 33.4. The first-order chi connectivity index (χ1) is 11.5. The van der Waals surface area contributed by atoms with E-state index in [9.17, 15) is 8.78 Å². The number of anilines is 1. The lowest BCUT2D eigenvalue weighted by molar-refractivity contribution is 0.163. The number of nitrogens with zero attached hydrogens (tertiary/aromatic N) is 5. The molecule has 2 aromatic rings. The molecule has 8 heteroatoms. The molecular weight excluding hydrogens is 316 g/mol. The van der Waals surface area contributed by atoms with Crippen LogP contribution in [0.3, 0.4) is 0 Å². The van der Waals surface area contributed by atoms with Crippen molar-refractivity contribution in [2.24, 2.45) is 0 Å². The Morgan fingerprint density at radius 2 is 1.83 bits per heavy atom. The van der Waals surface area contributed by atoms with Crippen molar-refractivity contribution in [1.29, 1.82) is 5.26 Å². The molecule has 2 heterocycles. The van der Waals surface area contributed by atoms with Gasteiger partial charge in [-0.05, 0) is 26.0 Å². The van der Waals surface area contributed by atoms with Crippen molar-refractivity contribution in [3.05, 3.63) is 41.0 Å². The van der Waals surface area contributed by atoms with Crippen LogP contribution >= 0.6 is 0 Å². The highest BCUT2D eigenvalue weighted by atomic mass is 19.1. The quantitative estimate of drug-likeness (QED) is 0.859. The van der Waals surface area contributed by atoms with Gasteiger partial charge in [-0.1, -0.05) is 5.16 Å². The third-order valence-electron chi connectivity index (χ3n) is 4.22. The maximum atomic E-state index is 14.1. The Morgan fingerprint density at radius 3 is 2.33 bits per heavy atom. The summed E-state index contributed by atoms with van der Waals surface area (Å²) in [5.74, 6) is -0.296. The molecule has 1 unspecified atom stereocenters. The molecular formula is C16H17F2N5O. The van der Waals surface area contributed by atoms with Crippen molar-refractivity contribution in [1.82, 2.24) is 15.0 Å². The third-order valence-corrected chi connectivity index (χ3v) is 4.22. The Labute approximate surface area is 138 Å². The number of aryl methyl sites for hydroxylation is 1. The number of piperazine rings is 1. The number of halogens is 2. The summed E-state index contributed by atoms with van der Waals surface area (Å²) >= 11 is 0. The van der Waals surface area contributed by atoms with Crippen LogP contribution in [0.4, 0.5) is 14.5 Å². The number of nitriles is 1. The van der Waals surface area contributed by atoms with E-state index in [0.29, 0.717) is 37.9 Å². The Kier molecular flexibility index (Phi) is 4.44. The van der Waals surface area contributed by atoms with Crippen LogP contribution in [0.25, 0.3) is 0 Å². The Hall–Kier alpha value is -2.53. The number of benzene rings is 1. The second-order valence-electron chi connectivity index (χ2n) is 5.78. The highest BCUT2D eigenvalue weighted by Crippen LogP contribution is 2.28. The molecule has 1 fully saturated rings. The van der Waals surface area contributed by atoms with Gasteiger partial charge in [0.05, 0.1) is 17.7 Å². The molecule has 0 amide bonds. The van der Waals surface area contributed by atoms with Crippen LogP contribution in [-0.2, 0) is 0 Å². The van der Waals surface area contributed by atoms with Crippen molar-refractivity contribution in [2.75, 3.05) is 31.1 Å². The number of hydrogen-bond acceptors (Lipinski definition) is 6. The molecule has 3 rings (SSSR count). The van der Waals surface area contributed by atoms with E-state index >= 15 is 0 Å². The van der Waals surface area contributed by atoms with Crippen molar-refractivity contribution in [2.45, 2.75) is 19.9 Å². The molecule has 0 spiro atoms. The average Bonchev–Trinajstić information content (AvgIpc) is 3.00. The molecule has 1 aromatic heterocycles. The van der Waals surface area contributed by atoms with Crippen LogP contribution in [0.15, 0.2) is 16.7 Å². The van der Waals surface area contributed by atoms with Gasteiger partial charge >= 0.3 is 0 Å². The Balaban J connectivity index is 1.70. The molecule has 1 aliphatic heterocycles. The normalized spacial score (nSPS) is 16.9. The summed E-state index contributed by atoms with van der Waals surface area (Å²) in [5, 5.41) is 12.6. The van der Waals surface area contributed by atoms with Crippen molar-refractivity contribution in [3.63, 3.8) is 0 Å². The fraction of sp³-hybridized carbons (Fsp3) is 0.438. The van der Waals surface area contributed by atoms with Crippen molar-refractivity contribution in [3.8, 4) is 6.07 Å². The standard InChI is InChI=1S/C16H17F2N5O/c1-10(16-20-11(2)21-24-16)22-3-5-23(6-4-22)15-13(17)7-12(9-19)8-14(15)18/h7-8,10H,3-6H2,1-2H3. The molecule has 0 saturated carbocycles. The molecule has 1 atom stereocenters. The molecule has 1 aliphatic rings. The molecule has 1 aromatic carbocycles. The highest BCUT2D eigenvalue weighted by molar-refractivity contribution is 5.53. The molecule has 6 nitrogen and oxygen atoms in total. The minimum atomic E-state index is -0.708. The second kappa shape index (κ2) is 6.53. The second-order valence-corrected chi connectivity index (χ2v) is 5.78. The maximum absolute atomic E-state index is 14.1. The van der Waals surface area contributed by atoms with Crippen LogP contribution in [0.2, 0.25) is 0 Å². The first kappa shape index (κ1) is 16.3. The van der Waals surface area contributed by atoms with E-state index in [-0.39, 0.29) is 17.3 Å². The van der Waals surface area contributed by atoms with E-state index in [1.54, 1.807) is 17.9 Å². The largest absolute Gasteiger partial charge is 0.364 e. The number of rotatable bonds is 3. The zero-order valence-electron chi connectivity index (χ0n) is 13.5. The smallest absolute Gasteiger partial charge is 0.243 e. The molecule has 0 N–H and O–H groups in total. The van der Waals surface area contributed by atoms with E-state index in [1.165, 1.54) is 0 Å². The summed E-state index contributed by atoms with van der Waals surface area (Å²) in [7, 11) is 0. The van der Waals surface area contributed by atoms with Crippen molar-refractivity contribution >= 4 is 5.69 Å². The molecule has 0 radical (unpaired) electrons. The summed E-state index contributed by atoms with van der Waals surface area (Å²) in [6.07, 6.45) is 0. The van der Waals surface area contributed by atoms with E-state index in [4.69, 9.17) is 9.78 Å². The van der Waals surface area contributed by atoms with Gasteiger partial charge in [0.25, 0.3) is 0 Å². The average molecular weight is 333 g/mol. The Morgan fingerprint density at radius 1 is 1.21 bits per heavy atom. The summed E-state index contributed by atoms with van der Waals surface area (Å²) in [6.45, 7) is 5.89. The van der Waals surface area contributed by atoms with Gasteiger partial charge in [0.15, 0.2) is 17.5 Å². The van der Waals surface area contributed by atoms with Crippen LogP contribution in [-0.4, -0.2) is 41.2 Å². The molecule has 24 heavy (non-hydrogen) atoms. The van der Waals surface area contributed by atoms with Gasteiger partial charge < -0.3 is 9.42 Å². The van der Waals surface area contributed by atoms with E-state index in [2.05, 4.69) is 15.0 Å². The van der Waals surface area contributed by atoms with E-state index in [1.807, 2.05) is 6.92 Å². The lowest BCUT2D eigenvalue weighted by Crippen LogP contribution is -2.47. The predicted octanol–water partition coefficient (Wildman–Crippen LogP) is 2.41. The number of hydrogen-bond donors (Lipinski definition) is 0. The topological polar surface area (TPSA) is 69.2 Å². The third kappa shape index (κ3) is 3.08. The van der Waals surface area contributed by atoms with Gasteiger partial charge in [-0.15, -0.1) is 0 Å². The monoisotopic (exact) mass is 333 g/mol. The summed E-state index contributed by atoms with van der Waals surface area (Å²) in [5.41, 5.74) is -0.0947. The van der Waals surface area contributed by atoms with Gasteiger partial charge in [-0.2, -0.15) is 10.2 Å². The first-order valence-corrected chi connectivity index (χ1v) is 7.68. The van der Waals surface area contributed by atoms with Crippen LogP contribution < -0.4 is 4.90 Å². The van der Waals surface area contributed by atoms with Gasteiger partial charge in [0, 0.05) is 26.2 Å². The van der Waals surface area contributed by atoms with E-state index in [0.717, 1.165) is 12.1 Å². The lowest BCUT2D eigenvalue weighted by atomic mass is 10.1. The minimum Gasteiger partial charge on any atom is -0.364 e. The first-order valence-electron chi connectivity index (χ1n) is 7.68. The molecule has 126 valence electrons. The fourth-order valence-corrected chi connectivity index (χ4v) is 2.90. The summed E-state index contributed by atoms with van der Waals surface area (Å²) in [4.78, 5) is 8.02. The van der Waals surface area contributed by atoms with Gasteiger partial charge in [0.1, 0.15) is 5.69 Å². The Bertz CT molecular complexity index is 754. The molecule has 1 saturated heterocycles. The molecule has 0 aliphatic carbocycles. The van der Waals surface area contributed by atoms with E-state index < -0.39 is 11.6 Å². The zero-order chi connectivity index (χ0) is 17.3. The summed E-state index contributed by atoms with van der Waals surface area (Å²) in [6, 6.07) is 3.83. The SMILES string of the molecule is Cc1noc(C(C)N2CCN(c3c(F)cc(C#N)cc3F)CC2)n1.